The molecule has 1 aromatic rings. The van der Waals surface area contributed by atoms with E-state index in [9.17, 15) is 4.79 Å². The van der Waals surface area contributed by atoms with E-state index in [1.807, 2.05) is 0 Å². The molecule has 0 saturated carbocycles. The number of nitrogens with zero attached hydrogens (tertiary/aromatic N) is 1. The SMILES string of the molecule is CC(C)C(c1cccs1)N1CCC(C(=O)O)CC1. The van der Waals surface area contributed by atoms with Gasteiger partial charge in [-0.3, -0.25) is 9.69 Å². The van der Waals surface area contributed by atoms with E-state index in [1.165, 1.54) is 4.88 Å². The lowest BCUT2D eigenvalue weighted by Gasteiger charge is -2.38. The number of aliphatic carboxylic acids is 1. The van der Waals surface area contributed by atoms with E-state index in [1.54, 1.807) is 11.3 Å². The van der Waals surface area contributed by atoms with Crippen molar-refractivity contribution in [1.82, 2.24) is 4.90 Å². The van der Waals surface area contributed by atoms with Gasteiger partial charge in [0, 0.05) is 10.9 Å². The first kappa shape index (κ1) is 13.6. The Morgan fingerprint density at radius 2 is 2.11 bits per heavy atom. The van der Waals surface area contributed by atoms with Crippen molar-refractivity contribution in [3.05, 3.63) is 22.4 Å². The first-order chi connectivity index (χ1) is 8.59. The minimum absolute atomic E-state index is 0.141. The molecule has 0 aliphatic carbocycles. The number of carboxylic acid groups (broad SMARTS) is 1. The van der Waals surface area contributed by atoms with Gasteiger partial charge in [0.1, 0.15) is 0 Å². The summed E-state index contributed by atoms with van der Waals surface area (Å²) in [6, 6.07) is 4.73. The second kappa shape index (κ2) is 5.85. The van der Waals surface area contributed by atoms with Crippen molar-refractivity contribution in [2.75, 3.05) is 13.1 Å². The second-order valence-electron chi connectivity index (χ2n) is 5.35. The Balaban J connectivity index is 2.04. The van der Waals surface area contributed by atoms with Gasteiger partial charge in [-0.2, -0.15) is 0 Å². The fourth-order valence-corrected chi connectivity index (χ4v) is 3.85. The molecule has 0 radical (unpaired) electrons. The lowest BCUT2D eigenvalue weighted by Crippen LogP contribution is -2.40. The van der Waals surface area contributed by atoms with Crippen molar-refractivity contribution in [1.29, 1.82) is 0 Å². The van der Waals surface area contributed by atoms with E-state index in [0.717, 1.165) is 25.9 Å². The van der Waals surface area contributed by atoms with Crippen LogP contribution in [0.2, 0.25) is 0 Å². The highest BCUT2D eigenvalue weighted by molar-refractivity contribution is 7.10. The molecule has 4 heteroatoms. The summed E-state index contributed by atoms with van der Waals surface area (Å²) < 4.78 is 0. The molecule has 1 aliphatic heterocycles. The highest BCUT2D eigenvalue weighted by Gasteiger charge is 2.30. The van der Waals surface area contributed by atoms with Crippen LogP contribution in [0.4, 0.5) is 0 Å². The fourth-order valence-electron chi connectivity index (χ4n) is 2.81. The Bertz CT molecular complexity index is 381. The van der Waals surface area contributed by atoms with Gasteiger partial charge < -0.3 is 5.11 Å². The van der Waals surface area contributed by atoms with Gasteiger partial charge in [0.2, 0.25) is 0 Å². The summed E-state index contributed by atoms with van der Waals surface area (Å²) in [6.07, 6.45) is 1.56. The highest BCUT2D eigenvalue weighted by Crippen LogP contribution is 2.34. The summed E-state index contributed by atoms with van der Waals surface area (Å²) in [5, 5.41) is 11.2. The van der Waals surface area contributed by atoms with Crippen molar-refractivity contribution in [2.24, 2.45) is 11.8 Å². The van der Waals surface area contributed by atoms with Crippen molar-refractivity contribution < 1.29 is 9.90 Å². The molecule has 3 nitrogen and oxygen atoms in total. The lowest BCUT2D eigenvalue weighted by atomic mass is 9.92. The average molecular weight is 267 g/mol. The van der Waals surface area contributed by atoms with Crippen molar-refractivity contribution in [3.63, 3.8) is 0 Å². The zero-order chi connectivity index (χ0) is 13.1. The highest BCUT2D eigenvalue weighted by atomic mass is 32.1. The van der Waals surface area contributed by atoms with Gasteiger partial charge in [0.25, 0.3) is 0 Å². The van der Waals surface area contributed by atoms with Gasteiger partial charge in [0.05, 0.1) is 5.92 Å². The predicted molar refractivity (Wildman–Crippen MR) is 73.8 cm³/mol. The van der Waals surface area contributed by atoms with E-state index >= 15 is 0 Å². The number of rotatable bonds is 4. The molecule has 0 spiro atoms. The molecule has 2 heterocycles. The van der Waals surface area contributed by atoms with Crippen molar-refractivity contribution in [3.8, 4) is 0 Å². The number of carboxylic acids is 1. The van der Waals surface area contributed by atoms with Gasteiger partial charge >= 0.3 is 5.97 Å². The van der Waals surface area contributed by atoms with Gasteiger partial charge in [-0.25, -0.2) is 0 Å². The Morgan fingerprint density at radius 3 is 2.56 bits per heavy atom. The largest absolute Gasteiger partial charge is 0.481 e. The molecule has 1 N–H and O–H groups in total. The third-order valence-electron chi connectivity index (χ3n) is 3.74. The number of likely N-dealkylation sites (tertiary alicyclic amines) is 1. The summed E-state index contributed by atoms with van der Waals surface area (Å²) in [5.74, 6) is -0.214. The number of thiophene rings is 1. The lowest BCUT2D eigenvalue weighted by molar-refractivity contribution is -0.143. The van der Waals surface area contributed by atoms with E-state index in [4.69, 9.17) is 5.11 Å². The quantitative estimate of drug-likeness (QED) is 0.910. The molecule has 1 fully saturated rings. The number of piperidine rings is 1. The first-order valence-corrected chi connectivity index (χ1v) is 7.48. The van der Waals surface area contributed by atoms with E-state index < -0.39 is 5.97 Å². The van der Waals surface area contributed by atoms with Crippen LogP contribution in [0.3, 0.4) is 0 Å². The van der Waals surface area contributed by atoms with Crippen LogP contribution in [0.1, 0.15) is 37.6 Å². The molecule has 1 unspecified atom stereocenters. The zero-order valence-electron chi connectivity index (χ0n) is 11.0. The van der Waals surface area contributed by atoms with Crippen LogP contribution in [0, 0.1) is 11.8 Å². The molecule has 0 bridgehead atoms. The molecule has 100 valence electrons. The molecular formula is C14H21NO2S. The molecule has 1 aromatic heterocycles. The van der Waals surface area contributed by atoms with E-state index in [2.05, 4.69) is 36.3 Å². The maximum atomic E-state index is 11.0. The van der Waals surface area contributed by atoms with Crippen LogP contribution in [-0.2, 0) is 4.79 Å². The van der Waals surface area contributed by atoms with Crippen molar-refractivity contribution >= 4 is 17.3 Å². The molecule has 18 heavy (non-hydrogen) atoms. The maximum absolute atomic E-state index is 11.0. The van der Waals surface area contributed by atoms with E-state index in [0.29, 0.717) is 12.0 Å². The Hall–Kier alpha value is -0.870. The number of carbonyl (C=O) groups is 1. The smallest absolute Gasteiger partial charge is 0.306 e. The summed E-state index contributed by atoms with van der Waals surface area (Å²) >= 11 is 1.80. The number of hydrogen-bond donors (Lipinski definition) is 1. The van der Waals surface area contributed by atoms with E-state index in [-0.39, 0.29) is 5.92 Å². The monoisotopic (exact) mass is 267 g/mol. The Labute approximate surface area is 112 Å². The standard InChI is InChI=1S/C14H21NO2S/c1-10(2)13(12-4-3-9-18-12)15-7-5-11(6-8-15)14(16)17/h3-4,9-11,13H,5-8H2,1-2H3,(H,16,17). The topological polar surface area (TPSA) is 40.5 Å². The van der Waals surface area contributed by atoms with Gasteiger partial charge in [-0.15, -0.1) is 11.3 Å². The van der Waals surface area contributed by atoms with Crippen LogP contribution in [0.5, 0.6) is 0 Å². The Kier molecular flexibility index (Phi) is 4.40. The third kappa shape index (κ3) is 2.93. The Morgan fingerprint density at radius 1 is 1.44 bits per heavy atom. The average Bonchev–Trinajstić information content (AvgIpc) is 2.83. The fraction of sp³-hybridized carbons (Fsp3) is 0.643. The minimum atomic E-state index is -0.633. The van der Waals surface area contributed by atoms with Crippen LogP contribution in [-0.4, -0.2) is 29.1 Å². The maximum Gasteiger partial charge on any atom is 0.306 e. The molecule has 1 atom stereocenters. The van der Waals surface area contributed by atoms with Gasteiger partial charge in [-0.05, 0) is 43.3 Å². The third-order valence-corrected chi connectivity index (χ3v) is 4.68. The zero-order valence-corrected chi connectivity index (χ0v) is 11.8. The molecule has 1 aliphatic rings. The summed E-state index contributed by atoms with van der Waals surface area (Å²) in [5.41, 5.74) is 0. The van der Waals surface area contributed by atoms with Crippen LogP contribution >= 0.6 is 11.3 Å². The summed E-state index contributed by atoms with van der Waals surface area (Å²) in [4.78, 5) is 14.8. The van der Waals surface area contributed by atoms with Crippen LogP contribution in [0.15, 0.2) is 17.5 Å². The summed E-state index contributed by atoms with van der Waals surface area (Å²) in [6.45, 7) is 6.29. The molecule has 0 amide bonds. The number of hydrogen-bond acceptors (Lipinski definition) is 3. The predicted octanol–water partition coefficient (Wildman–Crippen LogP) is 3.24. The van der Waals surface area contributed by atoms with Gasteiger partial charge in [-0.1, -0.05) is 19.9 Å². The minimum Gasteiger partial charge on any atom is -0.481 e. The van der Waals surface area contributed by atoms with Crippen LogP contribution < -0.4 is 0 Å². The summed E-state index contributed by atoms with van der Waals surface area (Å²) in [7, 11) is 0. The van der Waals surface area contributed by atoms with Crippen LogP contribution in [0.25, 0.3) is 0 Å². The molecule has 1 saturated heterocycles. The second-order valence-corrected chi connectivity index (χ2v) is 6.33. The molecule has 0 aromatic carbocycles. The normalized spacial score (nSPS) is 20.2. The molecular weight excluding hydrogens is 246 g/mol. The first-order valence-electron chi connectivity index (χ1n) is 6.60. The van der Waals surface area contributed by atoms with Gasteiger partial charge in [0.15, 0.2) is 0 Å². The molecule has 2 rings (SSSR count). The van der Waals surface area contributed by atoms with Crippen molar-refractivity contribution in [2.45, 2.75) is 32.7 Å².